The first kappa shape index (κ1) is 28.8. The van der Waals surface area contributed by atoms with Crippen LogP contribution < -0.4 is 0 Å². The first-order valence-electron chi connectivity index (χ1n) is 13.5. The molecule has 0 N–H and O–H groups in total. The molecule has 0 radical (unpaired) electrons. The van der Waals surface area contributed by atoms with Crippen LogP contribution in [-0.4, -0.2) is 50.8 Å². The van der Waals surface area contributed by atoms with E-state index in [4.69, 9.17) is 23.1 Å². The van der Waals surface area contributed by atoms with Gasteiger partial charge in [-0.15, -0.1) is 11.8 Å². The third-order valence-electron chi connectivity index (χ3n) is 7.22. The average molecular weight is 545 g/mol. The fourth-order valence-corrected chi connectivity index (χ4v) is 11.6. The standard InChI is InChI=1S/C30H44O5SSi/c1-8-36-28-27(32-20-23-17-13-10-14-18-23)26(31-19-22-15-11-9-12-16-22)25-24(34-28)21-33-37(35-25,29(2,3)4)30(5,6)7/h9-18,24-28H,8,19-21H2,1-7H3/t24-,25-,26+,27-,28+/m1/s1. The van der Waals surface area contributed by atoms with Crippen LogP contribution in [-0.2, 0) is 36.3 Å². The highest BCUT2D eigenvalue weighted by Gasteiger charge is 2.65. The van der Waals surface area contributed by atoms with Crippen LogP contribution in [0.3, 0.4) is 0 Å². The lowest BCUT2D eigenvalue weighted by Gasteiger charge is -2.58. The molecule has 2 aromatic rings. The number of hydrogen-bond acceptors (Lipinski definition) is 6. The van der Waals surface area contributed by atoms with Crippen LogP contribution >= 0.6 is 11.8 Å². The van der Waals surface area contributed by atoms with E-state index in [1.807, 2.05) is 36.4 Å². The van der Waals surface area contributed by atoms with Crippen LogP contribution in [0.2, 0.25) is 10.1 Å². The van der Waals surface area contributed by atoms with Crippen LogP contribution in [0, 0.1) is 0 Å². The van der Waals surface area contributed by atoms with Gasteiger partial charge in [-0.05, 0) is 16.9 Å². The number of fused-ring (bicyclic) bond motifs is 1. The molecule has 0 saturated carbocycles. The Balaban J connectivity index is 1.68. The Morgan fingerprint density at radius 3 is 1.81 bits per heavy atom. The number of hydrogen-bond donors (Lipinski definition) is 0. The maximum Gasteiger partial charge on any atom is 0.349 e. The minimum Gasteiger partial charge on any atom is -0.391 e. The van der Waals surface area contributed by atoms with Crippen LogP contribution in [0.4, 0.5) is 0 Å². The normalized spacial score (nSPS) is 28.0. The van der Waals surface area contributed by atoms with Crippen molar-refractivity contribution in [2.75, 3.05) is 12.4 Å². The Labute approximate surface area is 228 Å². The number of rotatable bonds is 8. The summed E-state index contributed by atoms with van der Waals surface area (Å²) in [5.41, 5.74) is 2.10. The molecule has 0 unspecified atom stereocenters. The Kier molecular flexibility index (Phi) is 9.27. The van der Waals surface area contributed by atoms with Crippen molar-refractivity contribution in [2.24, 2.45) is 0 Å². The van der Waals surface area contributed by atoms with Crippen molar-refractivity contribution in [3.63, 3.8) is 0 Å². The van der Waals surface area contributed by atoms with Crippen molar-refractivity contribution in [1.82, 2.24) is 0 Å². The lowest BCUT2D eigenvalue weighted by Crippen LogP contribution is -2.71. The highest BCUT2D eigenvalue weighted by Crippen LogP contribution is 2.55. The molecule has 2 saturated heterocycles. The molecule has 7 heteroatoms. The lowest BCUT2D eigenvalue weighted by atomic mass is 9.99. The molecule has 4 rings (SSSR count). The van der Waals surface area contributed by atoms with E-state index < -0.39 is 8.56 Å². The SMILES string of the molecule is CCS[C@@H]1O[C@@H]2CO[Si](C(C)(C)C)(C(C)(C)C)O[C@H]2[C@H](OCc2ccccc2)[C@H]1OCc1ccccc1. The first-order valence-corrected chi connectivity index (χ1v) is 16.3. The van der Waals surface area contributed by atoms with Gasteiger partial charge in [0.1, 0.15) is 29.9 Å². The van der Waals surface area contributed by atoms with Crippen molar-refractivity contribution in [1.29, 1.82) is 0 Å². The van der Waals surface area contributed by atoms with Crippen LogP contribution in [0.5, 0.6) is 0 Å². The van der Waals surface area contributed by atoms with Crippen molar-refractivity contribution in [3.8, 4) is 0 Å². The molecule has 2 heterocycles. The van der Waals surface area contributed by atoms with E-state index in [0.717, 1.165) is 16.9 Å². The number of benzene rings is 2. The van der Waals surface area contributed by atoms with Gasteiger partial charge in [-0.3, -0.25) is 0 Å². The maximum atomic E-state index is 7.19. The van der Waals surface area contributed by atoms with Gasteiger partial charge < -0.3 is 23.1 Å². The van der Waals surface area contributed by atoms with E-state index in [1.165, 1.54) is 0 Å². The minimum atomic E-state index is -2.72. The van der Waals surface area contributed by atoms with Gasteiger partial charge in [-0.2, -0.15) is 0 Å². The summed E-state index contributed by atoms with van der Waals surface area (Å²) >= 11 is 1.76. The molecule has 2 aliphatic heterocycles. The molecule has 0 bridgehead atoms. The van der Waals surface area contributed by atoms with Gasteiger partial charge in [0, 0.05) is 10.1 Å². The first-order chi connectivity index (χ1) is 17.6. The fourth-order valence-electron chi connectivity index (χ4n) is 5.69. The van der Waals surface area contributed by atoms with E-state index in [9.17, 15) is 0 Å². The lowest BCUT2D eigenvalue weighted by molar-refractivity contribution is -0.250. The van der Waals surface area contributed by atoms with Crippen LogP contribution in [0.1, 0.15) is 59.6 Å². The van der Waals surface area contributed by atoms with Crippen molar-refractivity contribution in [2.45, 2.75) is 102 Å². The summed E-state index contributed by atoms with van der Waals surface area (Å²) in [6.07, 6.45) is -1.03. The topological polar surface area (TPSA) is 46.2 Å². The van der Waals surface area contributed by atoms with Gasteiger partial charge in [-0.25, -0.2) is 0 Å². The molecular formula is C30H44O5SSi. The van der Waals surface area contributed by atoms with E-state index in [1.54, 1.807) is 11.8 Å². The third kappa shape index (κ3) is 6.35. The zero-order valence-corrected chi connectivity index (χ0v) is 25.3. The second-order valence-electron chi connectivity index (χ2n) is 12.0. The molecule has 0 aromatic heterocycles. The quantitative estimate of drug-likeness (QED) is 0.331. The third-order valence-corrected chi connectivity index (χ3v) is 13.4. The van der Waals surface area contributed by atoms with Gasteiger partial charge in [0.25, 0.3) is 0 Å². The van der Waals surface area contributed by atoms with E-state index in [2.05, 4.69) is 72.7 Å². The highest BCUT2D eigenvalue weighted by atomic mass is 32.2. The van der Waals surface area contributed by atoms with Crippen molar-refractivity contribution in [3.05, 3.63) is 71.8 Å². The average Bonchev–Trinajstić information content (AvgIpc) is 2.86. The molecule has 2 aliphatic rings. The van der Waals surface area contributed by atoms with Crippen LogP contribution in [0.15, 0.2) is 60.7 Å². The molecule has 37 heavy (non-hydrogen) atoms. The monoisotopic (exact) mass is 544 g/mol. The Bertz CT molecular complexity index is 961. The Hall–Kier alpha value is -1.19. The summed E-state index contributed by atoms with van der Waals surface area (Å²) < 4.78 is 34.0. The summed E-state index contributed by atoms with van der Waals surface area (Å²) in [7, 11) is -2.72. The molecule has 5 atom stereocenters. The molecule has 0 spiro atoms. The molecule has 2 aromatic carbocycles. The van der Waals surface area contributed by atoms with Gasteiger partial charge in [0.2, 0.25) is 0 Å². The molecule has 204 valence electrons. The van der Waals surface area contributed by atoms with Gasteiger partial charge >= 0.3 is 8.56 Å². The Morgan fingerprint density at radius 2 is 1.32 bits per heavy atom. The minimum absolute atomic E-state index is 0.129. The summed E-state index contributed by atoms with van der Waals surface area (Å²) in [5.74, 6) is 0.920. The van der Waals surface area contributed by atoms with Crippen molar-refractivity contribution >= 4 is 20.3 Å². The zero-order valence-electron chi connectivity index (χ0n) is 23.4. The zero-order chi connectivity index (χ0) is 26.7. The second kappa shape index (κ2) is 11.9. The summed E-state index contributed by atoms with van der Waals surface area (Å²) in [4.78, 5) is 0. The largest absolute Gasteiger partial charge is 0.391 e. The summed E-state index contributed by atoms with van der Waals surface area (Å²) in [5, 5.41) is -0.259. The predicted octanol–water partition coefficient (Wildman–Crippen LogP) is 7.09. The fraction of sp³-hybridized carbons (Fsp3) is 0.600. The Morgan fingerprint density at radius 1 is 0.811 bits per heavy atom. The van der Waals surface area contributed by atoms with E-state index >= 15 is 0 Å². The van der Waals surface area contributed by atoms with Crippen LogP contribution in [0.25, 0.3) is 0 Å². The molecule has 0 amide bonds. The summed E-state index contributed by atoms with van der Waals surface area (Å²) in [6.45, 7) is 17.1. The van der Waals surface area contributed by atoms with Crippen molar-refractivity contribution < 1.29 is 23.1 Å². The predicted molar refractivity (Wildman–Crippen MR) is 153 cm³/mol. The maximum absolute atomic E-state index is 7.19. The molecular weight excluding hydrogens is 500 g/mol. The highest BCUT2D eigenvalue weighted by molar-refractivity contribution is 7.99. The molecule has 2 fully saturated rings. The molecule has 0 aliphatic carbocycles. The van der Waals surface area contributed by atoms with E-state index in [0.29, 0.717) is 19.8 Å². The second-order valence-corrected chi connectivity index (χ2v) is 18.2. The van der Waals surface area contributed by atoms with Gasteiger partial charge in [0.15, 0.2) is 0 Å². The van der Waals surface area contributed by atoms with E-state index in [-0.39, 0.29) is 39.9 Å². The molecule has 5 nitrogen and oxygen atoms in total. The van der Waals surface area contributed by atoms with Gasteiger partial charge in [0.05, 0.1) is 19.8 Å². The summed E-state index contributed by atoms with van der Waals surface area (Å²) in [6, 6.07) is 20.6. The number of ether oxygens (including phenoxy) is 3. The number of thioether (sulfide) groups is 1. The smallest absolute Gasteiger partial charge is 0.349 e. The van der Waals surface area contributed by atoms with Gasteiger partial charge in [-0.1, -0.05) is 109 Å².